The van der Waals surface area contributed by atoms with Gasteiger partial charge >= 0.3 is 0 Å². The molecule has 1 aliphatic carbocycles. The molecule has 0 aromatic carbocycles. The molecule has 17 heavy (non-hydrogen) atoms. The lowest BCUT2D eigenvalue weighted by molar-refractivity contribution is 0.137. The fourth-order valence-electron chi connectivity index (χ4n) is 2.11. The van der Waals surface area contributed by atoms with E-state index in [0.717, 1.165) is 25.7 Å². The van der Waals surface area contributed by atoms with Crippen LogP contribution in [0.3, 0.4) is 0 Å². The summed E-state index contributed by atoms with van der Waals surface area (Å²) in [5.74, 6) is 0.591. The zero-order valence-electron chi connectivity index (χ0n) is 9.36. The maximum Gasteiger partial charge on any atom is 0.237 e. The lowest BCUT2D eigenvalue weighted by Crippen LogP contribution is -2.32. The van der Waals surface area contributed by atoms with Crippen LogP contribution in [0.4, 0.5) is 0 Å². The molecular formula is C10H14N6O. The standard InChI is InChI=1S/C10H14N6O/c11-7-1-3-8(4-2-7)17-10-6-12-5-9-13-14-15-16(9)10/h5-8H,1-4,11H2. The molecule has 2 aromatic heterocycles. The fraction of sp³-hybridized carbons (Fsp3) is 0.600. The van der Waals surface area contributed by atoms with Gasteiger partial charge in [-0.15, -0.1) is 5.10 Å². The van der Waals surface area contributed by atoms with Gasteiger partial charge in [0, 0.05) is 6.04 Å². The van der Waals surface area contributed by atoms with Gasteiger partial charge in [-0.3, -0.25) is 4.98 Å². The van der Waals surface area contributed by atoms with Crippen molar-refractivity contribution in [2.24, 2.45) is 5.73 Å². The number of ether oxygens (including phenoxy) is 1. The molecule has 0 spiro atoms. The average Bonchev–Trinajstić information content (AvgIpc) is 2.81. The van der Waals surface area contributed by atoms with Crippen LogP contribution in [0.5, 0.6) is 5.88 Å². The SMILES string of the molecule is NC1CCC(Oc2cncc3nnnn23)CC1. The molecule has 7 heteroatoms. The van der Waals surface area contributed by atoms with Gasteiger partial charge in [0.05, 0.1) is 12.4 Å². The van der Waals surface area contributed by atoms with Gasteiger partial charge < -0.3 is 10.5 Å². The average molecular weight is 234 g/mol. The quantitative estimate of drug-likeness (QED) is 0.796. The van der Waals surface area contributed by atoms with Crippen LogP contribution in [0.15, 0.2) is 12.4 Å². The predicted octanol–water partition coefficient (Wildman–Crippen LogP) is 0.168. The molecular weight excluding hydrogens is 220 g/mol. The highest BCUT2D eigenvalue weighted by atomic mass is 16.5. The van der Waals surface area contributed by atoms with Crippen molar-refractivity contribution in [2.75, 3.05) is 0 Å². The van der Waals surface area contributed by atoms with Gasteiger partial charge in [0.1, 0.15) is 6.10 Å². The zero-order chi connectivity index (χ0) is 11.7. The minimum Gasteiger partial charge on any atom is -0.473 e. The molecule has 7 nitrogen and oxygen atoms in total. The number of nitrogens with zero attached hydrogens (tertiary/aromatic N) is 5. The second kappa shape index (κ2) is 4.25. The molecule has 0 atom stereocenters. The number of fused-ring (bicyclic) bond motifs is 1. The number of nitrogens with two attached hydrogens (primary N) is 1. The second-order valence-electron chi connectivity index (χ2n) is 4.35. The molecule has 0 bridgehead atoms. The zero-order valence-corrected chi connectivity index (χ0v) is 9.36. The van der Waals surface area contributed by atoms with Crippen molar-refractivity contribution in [1.29, 1.82) is 0 Å². The highest BCUT2D eigenvalue weighted by Gasteiger charge is 2.21. The van der Waals surface area contributed by atoms with Crippen LogP contribution < -0.4 is 10.5 Å². The first kappa shape index (κ1) is 10.4. The third-order valence-corrected chi connectivity index (χ3v) is 3.08. The van der Waals surface area contributed by atoms with Crippen LogP contribution in [0.2, 0.25) is 0 Å². The summed E-state index contributed by atoms with van der Waals surface area (Å²) in [6.07, 6.45) is 7.38. The largest absolute Gasteiger partial charge is 0.473 e. The van der Waals surface area contributed by atoms with E-state index in [9.17, 15) is 0 Å². The van der Waals surface area contributed by atoms with Crippen LogP contribution >= 0.6 is 0 Å². The van der Waals surface area contributed by atoms with E-state index in [-0.39, 0.29) is 6.10 Å². The molecule has 0 unspecified atom stereocenters. The highest BCUT2D eigenvalue weighted by Crippen LogP contribution is 2.22. The maximum atomic E-state index is 5.88. The number of hydrogen-bond donors (Lipinski definition) is 1. The lowest BCUT2D eigenvalue weighted by atomic mass is 9.94. The van der Waals surface area contributed by atoms with Gasteiger partial charge in [0.15, 0.2) is 0 Å². The normalized spacial score (nSPS) is 25.0. The number of tetrazole rings is 1. The molecule has 0 aliphatic heterocycles. The van der Waals surface area contributed by atoms with E-state index in [1.54, 1.807) is 16.9 Å². The molecule has 2 N–H and O–H groups in total. The van der Waals surface area contributed by atoms with Crippen molar-refractivity contribution < 1.29 is 4.74 Å². The highest BCUT2D eigenvalue weighted by molar-refractivity contribution is 5.34. The van der Waals surface area contributed by atoms with Crippen LogP contribution in [-0.2, 0) is 0 Å². The molecule has 1 saturated carbocycles. The van der Waals surface area contributed by atoms with Gasteiger partial charge in [-0.1, -0.05) is 0 Å². The Morgan fingerprint density at radius 3 is 2.88 bits per heavy atom. The minimum absolute atomic E-state index is 0.186. The molecule has 1 aliphatic rings. The van der Waals surface area contributed by atoms with E-state index >= 15 is 0 Å². The molecule has 0 saturated heterocycles. The van der Waals surface area contributed by atoms with E-state index in [1.807, 2.05) is 0 Å². The van der Waals surface area contributed by atoms with Gasteiger partial charge in [-0.2, -0.15) is 4.52 Å². The first-order chi connectivity index (χ1) is 8.33. The maximum absolute atomic E-state index is 5.88. The monoisotopic (exact) mass is 234 g/mol. The van der Waals surface area contributed by atoms with E-state index in [4.69, 9.17) is 10.5 Å². The predicted molar refractivity (Wildman–Crippen MR) is 59.4 cm³/mol. The van der Waals surface area contributed by atoms with E-state index < -0.39 is 0 Å². The van der Waals surface area contributed by atoms with E-state index in [2.05, 4.69) is 20.5 Å². The topological polar surface area (TPSA) is 91.2 Å². The van der Waals surface area contributed by atoms with Crippen molar-refractivity contribution in [3.63, 3.8) is 0 Å². The third-order valence-electron chi connectivity index (χ3n) is 3.08. The van der Waals surface area contributed by atoms with Crippen LogP contribution in [0, 0.1) is 0 Å². The van der Waals surface area contributed by atoms with Crippen molar-refractivity contribution in [1.82, 2.24) is 25.0 Å². The Balaban J connectivity index is 1.78. The van der Waals surface area contributed by atoms with Crippen LogP contribution in [0.25, 0.3) is 5.65 Å². The second-order valence-corrected chi connectivity index (χ2v) is 4.35. The summed E-state index contributed by atoms with van der Waals surface area (Å²) in [5.41, 5.74) is 6.45. The molecule has 2 aromatic rings. The summed E-state index contributed by atoms with van der Waals surface area (Å²) in [5, 5.41) is 11.3. The molecule has 3 rings (SSSR count). The summed E-state index contributed by atoms with van der Waals surface area (Å²) < 4.78 is 7.43. The summed E-state index contributed by atoms with van der Waals surface area (Å²) in [6.45, 7) is 0. The van der Waals surface area contributed by atoms with Gasteiger partial charge in [0.2, 0.25) is 11.5 Å². The molecule has 1 fully saturated rings. The lowest BCUT2D eigenvalue weighted by Gasteiger charge is -2.26. The molecule has 0 radical (unpaired) electrons. The van der Waals surface area contributed by atoms with Gasteiger partial charge in [-0.25, -0.2) is 0 Å². The Morgan fingerprint density at radius 2 is 2.06 bits per heavy atom. The third kappa shape index (κ3) is 2.05. The number of hydrogen-bond acceptors (Lipinski definition) is 6. The molecule has 0 amide bonds. The number of aromatic nitrogens is 5. The summed E-state index contributed by atoms with van der Waals surface area (Å²) in [7, 11) is 0. The first-order valence-electron chi connectivity index (χ1n) is 5.77. The number of rotatable bonds is 2. The fourth-order valence-corrected chi connectivity index (χ4v) is 2.11. The first-order valence-corrected chi connectivity index (χ1v) is 5.77. The molecule has 2 heterocycles. The van der Waals surface area contributed by atoms with Crippen molar-refractivity contribution in [2.45, 2.75) is 37.8 Å². The van der Waals surface area contributed by atoms with Crippen LogP contribution in [0.1, 0.15) is 25.7 Å². The van der Waals surface area contributed by atoms with Gasteiger partial charge in [-0.05, 0) is 36.1 Å². The Hall–Kier alpha value is -1.76. The Kier molecular flexibility index (Phi) is 2.60. The van der Waals surface area contributed by atoms with Crippen molar-refractivity contribution in [3.8, 4) is 5.88 Å². The van der Waals surface area contributed by atoms with Crippen LogP contribution in [-0.4, -0.2) is 37.2 Å². The molecule has 90 valence electrons. The Morgan fingerprint density at radius 1 is 1.24 bits per heavy atom. The van der Waals surface area contributed by atoms with E-state index in [0.29, 0.717) is 17.6 Å². The van der Waals surface area contributed by atoms with Crippen molar-refractivity contribution in [3.05, 3.63) is 12.4 Å². The minimum atomic E-state index is 0.186. The van der Waals surface area contributed by atoms with Crippen molar-refractivity contribution >= 4 is 5.65 Å². The van der Waals surface area contributed by atoms with Gasteiger partial charge in [0.25, 0.3) is 0 Å². The summed E-state index contributed by atoms with van der Waals surface area (Å²) in [4.78, 5) is 4.05. The smallest absolute Gasteiger partial charge is 0.237 e. The Bertz CT molecular complexity index is 504. The Labute approximate surface area is 98.0 Å². The summed E-state index contributed by atoms with van der Waals surface area (Å²) >= 11 is 0. The van der Waals surface area contributed by atoms with E-state index in [1.165, 1.54) is 0 Å². The summed E-state index contributed by atoms with van der Waals surface area (Å²) in [6, 6.07) is 0.316.